The smallest absolute Gasteiger partial charge is 0.247 e. The van der Waals surface area contributed by atoms with Crippen LogP contribution in [-0.2, 0) is 4.79 Å². The van der Waals surface area contributed by atoms with Gasteiger partial charge in [-0.15, -0.1) is 0 Å². The van der Waals surface area contributed by atoms with Crippen LogP contribution in [-0.4, -0.2) is 44.7 Å². The average molecular weight is 265 g/mol. The van der Waals surface area contributed by atoms with Crippen LogP contribution in [0.4, 0.5) is 0 Å². The first kappa shape index (κ1) is 14.0. The van der Waals surface area contributed by atoms with E-state index in [4.69, 9.17) is 5.73 Å². The fourth-order valence-corrected chi connectivity index (χ4v) is 2.79. The number of amides is 1. The lowest BCUT2D eigenvalue weighted by Gasteiger charge is -2.40. The summed E-state index contributed by atoms with van der Waals surface area (Å²) in [6.07, 6.45) is 6.29. The molecule has 1 saturated heterocycles. The second kappa shape index (κ2) is 6.14. The molecule has 1 aliphatic heterocycles. The quantitative estimate of drug-likeness (QED) is 0.874. The predicted molar refractivity (Wildman–Crippen MR) is 72.3 cm³/mol. The number of piperidine rings is 1. The molecule has 0 aliphatic carbocycles. The minimum absolute atomic E-state index is 0.0931. The SMILES string of the molecule is CCC1CCN(C(=O)C(C)n2cncn2)C(CN)C1. The van der Waals surface area contributed by atoms with E-state index >= 15 is 0 Å². The van der Waals surface area contributed by atoms with Crippen molar-refractivity contribution in [1.29, 1.82) is 0 Å². The largest absolute Gasteiger partial charge is 0.337 e. The van der Waals surface area contributed by atoms with Crippen LogP contribution in [0.3, 0.4) is 0 Å². The van der Waals surface area contributed by atoms with Crippen LogP contribution in [0, 0.1) is 5.92 Å². The third-order valence-electron chi connectivity index (χ3n) is 4.15. The van der Waals surface area contributed by atoms with Gasteiger partial charge >= 0.3 is 0 Å². The number of nitrogens with two attached hydrogens (primary N) is 1. The van der Waals surface area contributed by atoms with E-state index in [1.165, 1.54) is 6.33 Å². The van der Waals surface area contributed by atoms with Crippen molar-refractivity contribution in [2.45, 2.75) is 45.2 Å². The van der Waals surface area contributed by atoms with Gasteiger partial charge in [0.05, 0.1) is 0 Å². The monoisotopic (exact) mass is 265 g/mol. The van der Waals surface area contributed by atoms with Gasteiger partial charge in [-0.1, -0.05) is 13.3 Å². The number of carbonyl (C=O) groups is 1. The van der Waals surface area contributed by atoms with Gasteiger partial charge in [0.1, 0.15) is 18.7 Å². The van der Waals surface area contributed by atoms with Gasteiger partial charge in [-0.2, -0.15) is 5.10 Å². The third kappa shape index (κ3) is 2.94. The average Bonchev–Trinajstić information content (AvgIpc) is 2.99. The number of hydrogen-bond donors (Lipinski definition) is 1. The van der Waals surface area contributed by atoms with E-state index in [1.807, 2.05) is 11.8 Å². The Balaban J connectivity index is 2.05. The zero-order valence-electron chi connectivity index (χ0n) is 11.7. The molecule has 0 aromatic carbocycles. The second-order valence-corrected chi connectivity index (χ2v) is 5.27. The van der Waals surface area contributed by atoms with E-state index in [2.05, 4.69) is 17.0 Å². The lowest BCUT2D eigenvalue weighted by Crippen LogP contribution is -2.51. The summed E-state index contributed by atoms with van der Waals surface area (Å²) in [5.74, 6) is 0.787. The highest BCUT2D eigenvalue weighted by Crippen LogP contribution is 2.26. The lowest BCUT2D eigenvalue weighted by molar-refractivity contribution is -0.138. The summed E-state index contributed by atoms with van der Waals surface area (Å²) in [6.45, 7) is 5.40. The molecule has 6 heteroatoms. The Labute approximate surface area is 114 Å². The van der Waals surface area contributed by atoms with E-state index in [0.29, 0.717) is 12.5 Å². The molecule has 2 heterocycles. The number of likely N-dealkylation sites (tertiary alicyclic amines) is 1. The molecule has 1 aliphatic rings. The Morgan fingerprint density at radius 2 is 2.37 bits per heavy atom. The summed E-state index contributed by atoms with van der Waals surface area (Å²) < 4.78 is 1.60. The number of hydrogen-bond acceptors (Lipinski definition) is 4. The van der Waals surface area contributed by atoms with Gasteiger partial charge in [0.15, 0.2) is 0 Å². The van der Waals surface area contributed by atoms with Gasteiger partial charge in [0.25, 0.3) is 0 Å². The van der Waals surface area contributed by atoms with Crippen LogP contribution in [0.25, 0.3) is 0 Å². The minimum atomic E-state index is -0.310. The molecule has 0 saturated carbocycles. The second-order valence-electron chi connectivity index (χ2n) is 5.27. The molecular weight excluding hydrogens is 242 g/mol. The Morgan fingerprint density at radius 3 is 2.95 bits per heavy atom. The van der Waals surface area contributed by atoms with E-state index < -0.39 is 0 Å². The van der Waals surface area contributed by atoms with Crippen molar-refractivity contribution in [3.8, 4) is 0 Å². The summed E-state index contributed by atoms with van der Waals surface area (Å²) in [5.41, 5.74) is 5.84. The number of rotatable bonds is 4. The summed E-state index contributed by atoms with van der Waals surface area (Å²) in [6, 6.07) is -0.146. The maximum atomic E-state index is 12.5. The molecule has 106 valence electrons. The zero-order valence-corrected chi connectivity index (χ0v) is 11.7. The van der Waals surface area contributed by atoms with Gasteiger partial charge in [-0.3, -0.25) is 4.79 Å². The van der Waals surface area contributed by atoms with E-state index in [1.54, 1.807) is 11.0 Å². The fraction of sp³-hybridized carbons (Fsp3) is 0.769. The Kier molecular flexibility index (Phi) is 4.52. The molecule has 3 atom stereocenters. The van der Waals surface area contributed by atoms with Crippen LogP contribution in [0.15, 0.2) is 12.7 Å². The van der Waals surface area contributed by atoms with Gasteiger partial charge < -0.3 is 10.6 Å². The van der Waals surface area contributed by atoms with Crippen LogP contribution < -0.4 is 5.73 Å². The van der Waals surface area contributed by atoms with Crippen molar-refractivity contribution in [2.75, 3.05) is 13.1 Å². The van der Waals surface area contributed by atoms with Crippen molar-refractivity contribution in [3.05, 3.63) is 12.7 Å². The van der Waals surface area contributed by atoms with Gasteiger partial charge in [0, 0.05) is 19.1 Å². The molecule has 1 aromatic heterocycles. The molecule has 3 unspecified atom stereocenters. The van der Waals surface area contributed by atoms with Crippen molar-refractivity contribution in [2.24, 2.45) is 11.7 Å². The van der Waals surface area contributed by atoms with Crippen molar-refractivity contribution < 1.29 is 4.79 Å². The molecule has 0 bridgehead atoms. The topological polar surface area (TPSA) is 77.0 Å². The number of aromatic nitrogens is 3. The maximum Gasteiger partial charge on any atom is 0.247 e. The molecule has 1 amide bonds. The van der Waals surface area contributed by atoms with E-state index in [-0.39, 0.29) is 18.0 Å². The molecule has 0 radical (unpaired) electrons. The maximum absolute atomic E-state index is 12.5. The third-order valence-corrected chi connectivity index (χ3v) is 4.15. The Hall–Kier alpha value is -1.43. The molecule has 19 heavy (non-hydrogen) atoms. The van der Waals surface area contributed by atoms with Crippen LogP contribution in [0.5, 0.6) is 0 Å². The Morgan fingerprint density at radius 1 is 1.58 bits per heavy atom. The Bertz CT molecular complexity index is 405. The van der Waals surface area contributed by atoms with E-state index in [9.17, 15) is 4.79 Å². The normalized spacial score (nSPS) is 25.3. The van der Waals surface area contributed by atoms with E-state index in [0.717, 1.165) is 25.8 Å². The minimum Gasteiger partial charge on any atom is -0.337 e. The first-order valence-electron chi connectivity index (χ1n) is 7.02. The highest BCUT2D eigenvalue weighted by Gasteiger charge is 2.32. The predicted octanol–water partition coefficient (Wildman–Crippen LogP) is 0.815. The highest BCUT2D eigenvalue weighted by atomic mass is 16.2. The summed E-state index contributed by atoms with van der Waals surface area (Å²) >= 11 is 0. The molecule has 6 nitrogen and oxygen atoms in total. The van der Waals surface area contributed by atoms with Crippen molar-refractivity contribution in [1.82, 2.24) is 19.7 Å². The molecule has 0 spiro atoms. The summed E-state index contributed by atoms with van der Waals surface area (Å²) in [5, 5.41) is 4.04. The van der Waals surface area contributed by atoms with Crippen molar-refractivity contribution >= 4 is 5.91 Å². The number of carbonyl (C=O) groups excluding carboxylic acids is 1. The summed E-state index contributed by atoms with van der Waals surface area (Å²) in [7, 11) is 0. The van der Waals surface area contributed by atoms with Crippen LogP contribution in [0.2, 0.25) is 0 Å². The molecule has 1 fully saturated rings. The fourth-order valence-electron chi connectivity index (χ4n) is 2.79. The first-order valence-corrected chi connectivity index (χ1v) is 7.02. The van der Waals surface area contributed by atoms with Gasteiger partial charge in [0.2, 0.25) is 5.91 Å². The van der Waals surface area contributed by atoms with Crippen molar-refractivity contribution in [3.63, 3.8) is 0 Å². The molecular formula is C13H23N5O. The first-order chi connectivity index (χ1) is 9.17. The lowest BCUT2D eigenvalue weighted by atomic mass is 9.88. The highest BCUT2D eigenvalue weighted by molar-refractivity contribution is 5.80. The van der Waals surface area contributed by atoms with Gasteiger partial charge in [-0.25, -0.2) is 9.67 Å². The standard InChI is InChI=1S/C13H23N5O/c1-3-11-4-5-17(12(6-11)7-14)13(19)10(2)18-9-15-8-16-18/h8-12H,3-7,14H2,1-2H3. The molecule has 2 N–H and O–H groups in total. The van der Waals surface area contributed by atoms with Gasteiger partial charge in [-0.05, 0) is 25.7 Å². The van der Waals surface area contributed by atoms with Crippen LogP contribution in [0.1, 0.15) is 39.2 Å². The summed E-state index contributed by atoms with van der Waals surface area (Å²) in [4.78, 5) is 18.4. The zero-order chi connectivity index (χ0) is 13.8. The number of nitrogens with zero attached hydrogens (tertiary/aromatic N) is 4. The molecule has 1 aromatic rings. The molecule has 2 rings (SSSR count). The van der Waals surface area contributed by atoms with Crippen LogP contribution >= 0.6 is 0 Å².